The molecule has 0 radical (unpaired) electrons. The largest absolute Gasteiger partial charge is 0.351 e. The van der Waals surface area contributed by atoms with Gasteiger partial charge in [-0.1, -0.05) is 15.9 Å². The van der Waals surface area contributed by atoms with Crippen molar-refractivity contribution in [2.24, 2.45) is 0 Å². The van der Waals surface area contributed by atoms with Crippen LogP contribution in [0.1, 0.15) is 12.0 Å². The van der Waals surface area contributed by atoms with Crippen molar-refractivity contribution in [1.29, 1.82) is 0 Å². The number of aryl methyl sites for hydroxylation is 1. The zero-order valence-electron chi connectivity index (χ0n) is 10.3. The lowest BCUT2D eigenvalue weighted by atomic mass is 10.2. The molecule has 2 rings (SSSR count). The predicted octanol–water partition coefficient (Wildman–Crippen LogP) is 2.33. The van der Waals surface area contributed by atoms with Gasteiger partial charge in [0.05, 0.1) is 5.75 Å². The molecule has 0 spiro atoms. The molecule has 3 nitrogen and oxygen atoms in total. The lowest BCUT2D eigenvalue weighted by molar-refractivity contribution is -0.119. The van der Waals surface area contributed by atoms with E-state index in [1.807, 2.05) is 6.07 Å². The van der Waals surface area contributed by atoms with Gasteiger partial charge in [0.15, 0.2) is 0 Å². The highest BCUT2D eigenvalue weighted by Crippen LogP contribution is 2.25. The van der Waals surface area contributed by atoms with E-state index < -0.39 is 0 Å². The van der Waals surface area contributed by atoms with Gasteiger partial charge in [-0.3, -0.25) is 4.79 Å². The van der Waals surface area contributed by atoms with Crippen LogP contribution < -0.4 is 10.6 Å². The third-order valence-electron chi connectivity index (χ3n) is 2.92. The van der Waals surface area contributed by atoms with Crippen molar-refractivity contribution in [3.63, 3.8) is 0 Å². The summed E-state index contributed by atoms with van der Waals surface area (Å²) in [5.74, 6) is 0.606. The summed E-state index contributed by atoms with van der Waals surface area (Å²) in [6, 6.07) is 6.44. The standard InChI is InChI=1S/C13H17BrN2OS/c1-9-6-10(14)2-3-12(9)18-8-13(17)16-11-4-5-15-7-11/h2-3,6,11,15H,4-5,7-8H2,1H3,(H,16,17). The smallest absolute Gasteiger partial charge is 0.230 e. The van der Waals surface area contributed by atoms with E-state index in [1.54, 1.807) is 11.8 Å². The summed E-state index contributed by atoms with van der Waals surface area (Å²) in [6.07, 6.45) is 1.04. The highest BCUT2D eigenvalue weighted by Gasteiger charge is 2.16. The Kier molecular flexibility index (Phi) is 5.09. The molecule has 0 bridgehead atoms. The van der Waals surface area contributed by atoms with E-state index in [9.17, 15) is 4.79 Å². The lowest BCUT2D eigenvalue weighted by Crippen LogP contribution is -2.37. The topological polar surface area (TPSA) is 41.1 Å². The number of amides is 1. The van der Waals surface area contributed by atoms with Crippen molar-refractivity contribution in [2.45, 2.75) is 24.3 Å². The second kappa shape index (κ2) is 6.59. The molecule has 1 heterocycles. The summed E-state index contributed by atoms with van der Waals surface area (Å²) >= 11 is 5.03. The number of hydrogen-bond acceptors (Lipinski definition) is 3. The Balaban J connectivity index is 1.81. The summed E-state index contributed by atoms with van der Waals surface area (Å²) in [5, 5.41) is 6.29. The van der Waals surface area contributed by atoms with Gasteiger partial charge >= 0.3 is 0 Å². The Morgan fingerprint density at radius 2 is 2.44 bits per heavy atom. The van der Waals surface area contributed by atoms with Crippen LogP contribution in [0.3, 0.4) is 0 Å². The molecular formula is C13H17BrN2OS. The van der Waals surface area contributed by atoms with Crippen LogP contribution in [-0.2, 0) is 4.79 Å². The summed E-state index contributed by atoms with van der Waals surface area (Å²) in [6.45, 7) is 3.96. The Morgan fingerprint density at radius 3 is 3.11 bits per heavy atom. The monoisotopic (exact) mass is 328 g/mol. The molecule has 1 aliphatic heterocycles. The third-order valence-corrected chi connectivity index (χ3v) is 4.59. The number of rotatable bonds is 4. The molecule has 1 unspecified atom stereocenters. The first kappa shape index (κ1) is 13.9. The number of thioether (sulfide) groups is 1. The number of hydrogen-bond donors (Lipinski definition) is 2. The second-order valence-electron chi connectivity index (χ2n) is 4.46. The van der Waals surface area contributed by atoms with E-state index in [1.165, 1.54) is 5.56 Å². The Morgan fingerprint density at radius 1 is 1.61 bits per heavy atom. The van der Waals surface area contributed by atoms with Crippen LogP contribution in [0.2, 0.25) is 0 Å². The number of halogens is 1. The summed E-state index contributed by atoms with van der Waals surface area (Å²) in [5.41, 5.74) is 1.20. The minimum absolute atomic E-state index is 0.121. The van der Waals surface area contributed by atoms with Crippen LogP contribution in [0, 0.1) is 6.92 Å². The van der Waals surface area contributed by atoms with Gasteiger partial charge in [0.2, 0.25) is 5.91 Å². The minimum atomic E-state index is 0.121. The van der Waals surface area contributed by atoms with Gasteiger partial charge in [-0.25, -0.2) is 0 Å². The van der Waals surface area contributed by atoms with Gasteiger partial charge in [-0.05, 0) is 43.7 Å². The maximum Gasteiger partial charge on any atom is 0.230 e. The molecule has 2 N–H and O–H groups in total. The molecular weight excluding hydrogens is 312 g/mol. The fourth-order valence-corrected chi connectivity index (χ4v) is 3.26. The van der Waals surface area contributed by atoms with E-state index in [4.69, 9.17) is 0 Å². The number of carbonyl (C=O) groups excluding carboxylic acids is 1. The Hall–Kier alpha value is -0.520. The first-order valence-corrected chi connectivity index (χ1v) is 7.82. The summed E-state index contributed by atoms with van der Waals surface area (Å²) in [4.78, 5) is 12.9. The normalized spacial score (nSPS) is 18.9. The molecule has 0 saturated carbocycles. The first-order valence-electron chi connectivity index (χ1n) is 6.04. The molecule has 1 atom stereocenters. The fourth-order valence-electron chi connectivity index (χ4n) is 1.97. The maximum atomic E-state index is 11.8. The fraction of sp³-hybridized carbons (Fsp3) is 0.462. The van der Waals surface area contributed by atoms with Gasteiger partial charge in [-0.15, -0.1) is 11.8 Å². The Bertz CT molecular complexity index is 433. The molecule has 1 amide bonds. The van der Waals surface area contributed by atoms with Crippen molar-refractivity contribution < 1.29 is 4.79 Å². The van der Waals surface area contributed by atoms with Crippen molar-refractivity contribution >= 4 is 33.6 Å². The van der Waals surface area contributed by atoms with Crippen LogP contribution in [0.5, 0.6) is 0 Å². The molecule has 18 heavy (non-hydrogen) atoms. The third kappa shape index (κ3) is 4.00. The maximum absolute atomic E-state index is 11.8. The van der Waals surface area contributed by atoms with Crippen LogP contribution in [0.4, 0.5) is 0 Å². The summed E-state index contributed by atoms with van der Waals surface area (Å²) in [7, 11) is 0. The van der Waals surface area contributed by atoms with E-state index in [0.717, 1.165) is 28.9 Å². The van der Waals surface area contributed by atoms with Crippen molar-refractivity contribution in [3.8, 4) is 0 Å². The van der Waals surface area contributed by atoms with Gasteiger partial charge in [-0.2, -0.15) is 0 Å². The van der Waals surface area contributed by atoms with E-state index in [2.05, 4.69) is 45.6 Å². The summed E-state index contributed by atoms with van der Waals surface area (Å²) < 4.78 is 1.07. The number of benzene rings is 1. The predicted molar refractivity (Wildman–Crippen MR) is 79.0 cm³/mol. The average molecular weight is 329 g/mol. The zero-order chi connectivity index (χ0) is 13.0. The average Bonchev–Trinajstić information content (AvgIpc) is 2.80. The molecule has 5 heteroatoms. The highest BCUT2D eigenvalue weighted by molar-refractivity contribution is 9.10. The van der Waals surface area contributed by atoms with Crippen LogP contribution in [0.15, 0.2) is 27.6 Å². The lowest BCUT2D eigenvalue weighted by Gasteiger charge is -2.11. The molecule has 1 saturated heterocycles. The molecule has 1 aromatic rings. The molecule has 0 aliphatic carbocycles. The molecule has 1 fully saturated rings. The van der Waals surface area contributed by atoms with E-state index >= 15 is 0 Å². The Labute approximate surface area is 120 Å². The minimum Gasteiger partial charge on any atom is -0.351 e. The van der Waals surface area contributed by atoms with Crippen LogP contribution >= 0.6 is 27.7 Å². The van der Waals surface area contributed by atoms with Gasteiger partial charge in [0.25, 0.3) is 0 Å². The molecule has 98 valence electrons. The van der Waals surface area contributed by atoms with E-state index in [0.29, 0.717) is 11.8 Å². The SMILES string of the molecule is Cc1cc(Br)ccc1SCC(=O)NC1CCNC1. The van der Waals surface area contributed by atoms with E-state index in [-0.39, 0.29) is 5.91 Å². The second-order valence-corrected chi connectivity index (χ2v) is 6.39. The van der Waals surface area contributed by atoms with Crippen LogP contribution in [0.25, 0.3) is 0 Å². The van der Waals surface area contributed by atoms with Crippen molar-refractivity contribution in [2.75, 3.05) is 18.8 Å². The number of nitrogens with one attached hydrogen (secondary N) is 2. The number of carbonyl (C=O) groups is 1. The molecule has 1 aliphatic rings. The van der Waals surface area contributed by atoms with Crippen LogP contribution in [-0.4, -0.2) is 30.8 Å². The van der Waals surface area contributed by atoms with Gasteiger partial charge < -0.3 is 10.6 Å². The first-order chi connectivity index (χ1) is 8.65. The van der Waals surface area contributed by atoms with Crippen molar-refractivity contribution in [1.82, 2.24) is 10.6 Å². The van der Waals surface area contributed by atoms with Gasteiger partial charge in [0.1, 0.15) is 0 Å². The molecule has 1 aromatic carbocycles. The molecule has 0 aromatic heterocycles. The highest BCUT2D eigenvalue weighted by atomic mass is 79.9. The zero-order valence-corrected chi connectivity index (χ0v) is 12.7. The van der Waals surface area contributed by atoms with Crippen molar-refractivity contribution in [3.05, 3.63) is 28.2 Å². The van der Waals surface area contributed by atoms with Gasteiger partial charge in [0, 0.05) is 22.0 Å². The quantitative estimate of drug-likeness (QED) is 0.833.